The number of carbonyl (C=O) groups is 3. The molecule has 3 aromatic carbocycles. The summed E-state index contributed by atoms with van der Waals surface area (Å²) in [7, 11) is -3.92. The van der Waals surface area contributed by atoms with Gasteiger partial charge in [0.05, 0.1) is 11.3 Å². The molecular formula is C27H22N2O6S2. The van der Waals surface area contributed by atoms with Crippen molar-refractivity contribution < 1.29 is 27.5 Å². The van der Waals surface area contributed by atoms with Crippen LogP contribution in [0, 0.1) is 0 Å². The lowest BCUT2D eigenvalue weighted by Crippen LogP contribution is -2.26. The molecule has 0 aliphatic rings. The van der Waals surface area contributed by atoms with Crippen molar-refractivity contribution in [2.75, 3.05) is 10.0 Å². The average Bonchev–Trinajstić information content (AvgIpc) is 3.44. The summed E-state index contributed by atoms with van der Waals surface area (Å²) in [5, 5.41) is 4.31. The number of Topliss-reactive ketones (excluding diaryl/α,β-unsaturated/α-hetero) is 1. The highest BCUT2D eigenvalue weighted by Crippen LogP contribution is 2.27. The first-order valence-electron chi connectivity index (χ1n) is 11.1. The van der Waals surface area contributed by atoms with Gasteiger partial charge in [-0.2, -0.15) is 0 Å². The van der Waals surface area contributed by atoms with Crippen molar-refractivity contribution in [2.24, 2.45) is 0 Å². The van der Waals surface area contributed by atoms with E-state index in [2.05, 4.69) is 10.0 Å². The van der Waals surface area contributed by atoms with Crippen LogP contribution in [-0.2, 0) is 19.6 Å². The summed E-state index contributed by atoms with van der Waals surface area (Å²) in [6, 6.07) is 23.9. The summed E-state index contributed by atoms with van der Waals surface area (Å²) < 4.78 is 33.6. The van der Waals surface area contributed by atoms with Crippen molar-refractivity contribution in [3.63, 3.8) is 0 Å². The highest BCUT2D eigenvalue weighted by molar-refractivity contribution is 7.94. The van der Waals surface area contributed by atoms with Crippen LogP contribution in [0.1, 0.15) is 39.3 Å². The van der Waals surface area contributed by atoms with Crippen molar-refractivity contribution >= 4 is 50.4 Å². The number of ketones is 1. The van der Waals surface area contributed by atoms with Crippen molar-refractivity contribution in [2.45, 2.75) is 17.2 Å². The second-order valence-corrected chi connectivity index (χ2v) is 10.8. The van der Waals surface area contributed by atoms with Crippen LogP contribution in [-0.4, -0.2) is 26.1 Å². The predicted molar refractivity (Wildman–Crippen MR) is 141 cm³/mol. The van der Waals surface area contributed by atoms with E-state index in [4.69, 9.17) is 4.74 Å². The molecule has 8 nitrogen and oxygen atoms in total. The highest BCUT2D eigenvalue weighted by Gasteiger charge is 2.28. The van der Waals surface area contributed by atoms with E-state index in [-0.39, 0.29) is 21.2 Å². The van der Waals surface area contributed by atoms with Crippen molar-refractivity contribution in [1.82, 2.24) is 0 Å². The second-order valence-electron chi connectivity index (χ2n) is 7.91. The Morgan fingerprint density at radius 3 is 2.30 bits per heavy atom. The van der Waals surface area contributed by atoms with Crippen LogP contribution < -0.4 is 10.0 Å². The standard InChI is InChI=1S/C27H22N2O6S2/c1-18(30)20-11-7-12-21(17-20)28-26(31)25(19-9-3-2-4-10-19)35-27(32)22-13-5-6-14-23(22)29-37(33,34)24-15-8-16-36-24/h2-17,25,29H,1H3,(H,28,31)/t25-/m1/s1. The summed E-state index contributed by atoms with van der Waals surface area (Å²) in [5.74, 6) is -1.70. The van der Waals surface area contributed by atoms with Gasteiger partial charge < -0.3 is 10.1 Å². The van der Waals surface area contributed by atoms with E-state index < -0.39 is 28.0 Å². The Morgan fingerprint density at radius 1 is 0.865 bits per heavy atom. The minimum Gasteiger partial charge on any atom is -0.444 e. The minimum atomic E-state index is -3.92. The second kappa shape index (κ2) is 11.2. The Balaban J connectivity index is 1.61. The van der Waals surface area contributed by atoms with Crippen molar-refractivity contribution in [3.05, 3.63) is 113 Å². The first-order chi connectivity index (χ1) is 17.7. The molecule has 1 aromatic heterocycles. The molecule has 188 valence electrons. The van der Waals surface area contributed by atoms with Gasteiger partial charge in [-0.05, 0) is 42.6 Å². The molecule has 0 saturated heterocycles. The number of hydrogen-bond acceptors (Lipinski definition) is 7. The molecule has 2 N–H and O–H groups in total. The van der Waals surface area contributed by atoms with Crippen LogP contribution in [0.15, 0.2) is 101 Å². The maximum absolute atomic E-state index is 13.2. The fraction of sp³-hybridized carbons (Fsp3) is 0.0741. The number of thiophene rings is 1. The fourth-order valence-electron chi connectivity index (χ4n) is 3.46. The van der Waals surface area contributed by atoms with Gasteiger partial charge in [0.15, 0.2) is 5.78 Å². The maximum Gasteiger partial charge on any atom is 0.341 e. The predicted octanol–water partition coefficient (Wildman–Crippen LogP) is 5.29. The average molecular weight is 535 g/mol. The molecule has 0 fully saturated rings. The first kappa shape index (κ1) is 25.8. The number of ether oxygens (including phenoxy) is 1. The van der Waals surface area contributed by atoms with E-state index in [0.717, 1.165) is 11.3 Å². The van der Waals surface area contributed by atoms with E-state index in [1.54, 1.807) is 72.1 Å². The third-order valence-electron chi connectivity index (χ3n) is 5.25. The smallest absolute Gasteiger partial charge is 0.341 e. The number of para-hydroxylation sites is 1. The summed E-state index contributed by atoms with van der Waals surface area (Å²) in [6.07, 6.45) is -1.35. The van der Waals surface area contributed by atoms with Crippen LogP contribution in [0.2, 0.25) is 0 Å². The van der Waals surface area contributed by atoms with Crippen LogP contribution in [0.3, 0.4) is 0 Å². The number of hydrogen-bond donors (Lipinski definition) is 2. The Bertz CT molecular complexity index is 1530. The zero-order valence-corrected chi connectivity index (χ0v) is 21.2. The Hall–Kier alpha value is -4.28. The quantitative estimate of drug-likeness (QED) is 0.223. The summed E-state index contributed by atoms with van der Waals surface area (Å²) in [4.78, 5) is 38.2. The number of sulfonamides is 1. The molecule has 0 unspecified atom stereocenters. The van der Waals surface area contributed by atoms with Crippen molar-refractivity contribution in [1.29, 1.82) is 0 Å². The number of anilines is 2. The van der Waals surface area contributed by atoms with E-state index in [1.807, 2.05) is 0 Å². The molecule has 0 spiro atoms. The molecular weight excluding hydrogens is 512 g/mol. The van der Waals surface area contributed by atoms with Gasteiger partial charge in [-0.3, -0.25) is 14.3 Å². The lowest BCUT2D eigenvalue weighted by Gasteiger charge is -2.19. The molecule has 1 atom stereocenters. The topological polar surface area (TPSA) is 119 Å². The van der Waals surface area contributed by atoms with Gasteiger partial charge in [0.1, 0.15) is 4.21 Å². The van der Waals surface area contributed by atoms with E-state index in [1.165, 1.54) is 31.2 Å². The molecule has 4 aromatic rings. The number of carbonyl (C=O) groups excluding carboxylic acids is 3. The molecule has 1 amide bonds. The molecule has 10 heteroatoms. The summed E-state index contributed by atoms with van der Waals surface area (Å²) >= 11 is 1.04. The van der Waals surface area contributed by atoms with Crippen LogP contribution in [0.5, 0.6) is 0 Å². The largest absolute Gasteiger partial charge is 0.444 e. The number of rotatable bonds is 9. The molecule has 4 rings (SSSR count). The lowest BCUT2D eigenvalue weighted by molar-refractivity contribution is -0.125. The number of nitrogens with one attached hydrogen (secondary N) is 2. The highest BCUT2D eigenvalue weighted by atomic mass is 32.2. The maximum atomic E-state index is 13.2. The molecule has 0 saturated carbocycles. The monoisotopic (exact) mass is 534 g/mol. The first-order valence-corrected chi connectivity index (χ1v) is 13.4. The van der Waals surface area contributed by atoms with Crippen LogP contribution >= 0.6 is 11.3 Å². The van der Waals surface area contributed by atoms with Crippen molar-refractivity contribution in [3.8, 4) is 0 Å². The van der Waals surface area contributed by atoms with Gasteiger partial charge in [-0.1, -0.05) is 60.7 Å². The molecule has 0 aliphatic heterocycles. The van der Waals surface area contributed by atoms with Crippen LogP contribution in [0.4, 0.5) is 11.4 Å². The van der Waals surface area contributed by atoms with Gasteiger partial charge in [0, 0.05) is 16.8 Å². The molecule has 0 radical (unpaired) electrons. The van der Waals surface area contributed by atoms with Gasteiger partial charge in [0.2, 0.25) is 6.10 Å². The van der Waals surface area contributed by atoms with Gasteiger partial charge in [0.25, 0.3) is 15.9 Å². The third-order valence-corrected chi connectivity index (χ3v) is 8.02. The zero-order valence-electron chi connectivity index (χ0n) is 19.6. The number of amides is 1. The van der Waals surface area contributed by atoms with Gasteiger partial charge in [-0.25, -0.2) is 13.2 Å². The minimum absolute atomic E-state index is 0.0160. The Kier molecular flexibility index (Phi) is 7.80. The molecule has 0 bridgehead atoms. The SMILES string of the molecule is CC(=O)c1cccc(NC(=O)[C@H](OC(=O)c2ccccc2NS(=O)(=O)c2cccs2)c2ccccc2)c1. The molecule has 1 heterocycles. The zero-order chi connectivity index (χ0) is 26.4. The number of benzene rings is 3. The summed E-state index contributed by atoms with van der Waals surface area (Å²) in [6.45, 7) is 1.42. The van der Waals surface area contributed by atoms with E-state index in [0.29, 0.717) is 16.8 Å². The summed E-state index contributed by atoms with van der Waals surface area (Å²) in [5.41, 5.74) is 1.14. The Labute approximate surface area is 218 Å². The Morgan fingerprint density at radius 2 is 1.59 bits per heavy atom. The third kappa shape index (κ3) is 6.29. The van der Waals surface area contributed by atoms with Crippen LogP contribution in [0.25, 0.3) is 0 Å². The molecule has 37 heavy (non-hydrogen) atoms. The lowest BCUT2D eigenvalue weighted by atomic mass is 10.1. The normalized spacial score (nSPS) is 11.8. The van der Waals surface area contributed by atoms with E-state index in [9.17, 15) is 22.8 Å². The molecule has 0 aliphatic carbocycles. The van der Waals surface area contributed by atoms with E-state index >= 15 is 0 Å². The van der Waals surface area contributed by atoms with Gasteiger partial charge >= 0.3 is 5.97 Å². The van der Waals surface area contributed by atoms with Gasteiger partial charge in [-0.15, -0.1) is 11.3 Å². The number of esters is 1. The fourth-order valence-corrected chi connectivity index (χ4v) is 5.53.